The average Bonchev–Trinajstić information content (AvgIpc) is 2.36. The molecule has 6 nitrogen and oxygen atoms in total. The second-order valence-corrected chi connectivity index (χ2v) is 3.74. The average molecular weight is 254 g/mol. The predicted molar refractivity (Wildman–Crippen MR) is 62.6 cm³/mol. The first kappa shape index (κ1) is 13.4. The van der Waals surface area contributed by atoms with E-state index in [4.69, 9.17) is 5.26 Å². The summed E-state index contributed by atoms with van der Waals surface area (Å²) < 4.78 is 0. The second kappa shape index (κ2) is 5.63. The van der Waals surface area contributed by atoms with Crippen LogP contribution in [-0.4, -0.2) is 27.0 Å². The van der Waals surface area contributed by atoms with E-state index in [0.717, 1.165) is 12.1 Å². The van der Waals surface area contributed by atoms with Crippen molar-refractivity contribution in [1.82, 2.24) is 0 Å². The van der Waals surface area contributed by atoms with Crippen molar-refractivity contribution >= 4 is 18.3 Å². The number of benzene rings is 1. The summed E-state index contributed by atoms with van der Waals surface area (Å²) in [5, 5.41) is 38.4. The minimum Gasteiger partial charge on any atom is -0.389 e. The van der Waals surface area contributed by atoms with E-state index in [1.54, 1.807) is 6.07 Å². The maximum absolute atomic E-state index is 10.6. The van der Waals surface area contributed by atoms with Crippen LogP contribution in [0.4, 0.5) is 5.69 Å². The fourth-order valence-electron chi connectivity index (χ4n) is 1.30. The van der Waals surface area contributed by atoms with E-state index in [0.29, 0.717) is 0 Å². The zero-order valence-corrected chi connectivity index (χ0v) is 9.54. The van der Waals surface area contributed by atoms with Crippen LogP contribution in [0, 0.1) is 21.4 Å². The normalized spacial score (nSPS) is 13.8. The Morgan fingerprint density at radius 3 is 2.59 bits per heavy atom. The number of nitriles is 1. The summed E-state index contributed by atoms with van der Waals surface area (Å²) in [5.74, 6) is 0.00570. The van der Waals surface area contributed by atoms with Crippen molar-refractivity contribution in [2.75, 3.05) is 5.75 Å². The fourth-order valence-corrected chi connectivity index (χ4v) is 1.50. The molecule has 2 atom stereocenters. The Labute approximate surface area is 103 Å². The smallest absolute Gasteiger partial charge is 0.271 e. The van der Waals surface area contributed by atoms with Crippen LogP contribution in [0.5, 0.6) is 0 Å². The quantitative estimate of drug-likeness (QED) is 0.418. The highest BCUT2D eigenvalue weighted by Crippen LogP contribution is 2.24. The lowest BCUT2D eigenvalue weighted by molar-refractivity contribution is -0.385. The zero-order valence-electron chi connectivity index (χ0n) is 8.65. The molecule has 0 saturated carbocycles. The van der Waals surface area contributed by atoms with Gasteiger partial charge in [0, 0.05) is 17.9 Å². The van der Waals surface area contributed by atoms with E-state index < -0.39 is 17.1 Å². The summed E-state index contributed by atoms with van der Waals surface area (Å²) in [6.07, 6.45) is -2.45. The Hall–Kier alpha value is -1.62. The van der Waals surface area contributed by atoms with Crippen LogP contribution in [0.3, 0.4) is 0 Å². The fraction of sp³-hybridized carbons (Fsp3) is 0.300. The highest BCUT2D eigenvalue weighted by Gasteiger charge is 2.20. The monoisotopic (exact) mass is 254 g/mol. The minimum absolute atomic E-state index is 0.00570. The molecule has 17 heavy (non-hydrogen) atoms. The first-order valence-electron chi connectivity index (χ1n) is 4.66. The molecule has 0 heterocycles. The van der Waals surface area contributed by atoms with Crippen molar-refractivity contribution in [3.05, 3.63) is 39.4 Å². The molecule has 0 spiro atoms. The summed E-state index contributed by atoms with van der Waals surface area (Å²) in [6, 6.07) is 5.28. The lowest BCUT2D eigenvalue weighted by Gasteiger charge is -2.16. The van der Waals surface area contributed by atoms with E-state index in [1.165, 1.54) is 6.07 Å². The molecule has 1 rings (SSSR count). The summed E-state index contributed by atoms with van der Waals surface area (Å²) in [7, 11) is 0. The number of nitro benzene ring substituents is 1. The van der Waals surface area contributed by atoms with Crippen LogP contribution in [0.15, 0.2) is 18.2 Å². The third-order valence-corrected chi connectivity index (χ3v) is 2.55. The first-order chi connectivity index (χ1) is 7.99. The van der Waals surface area contributed by atoms with Crippen LogP contribution in [-0.2, 0) is 0 Å². The highest BCUT2D eigenvalue weighted by atomic mass is 32.1. The topological polar surface area (TPSA) is 107 Å². The van der Waals surface area contributed by atoms with Gasteiger partial charge in [0.25, 0.3) is 5.69 Å². The number of non-ortho nitro benzene ring substituents is 1. The van der Waals surface area contributed by atoms with E-state index in [9.17, 15) is 20.3 Å². The molecule has 1 aromatic carbocycles. The Morgan fingerprint density at radius 1 is 1.47 bits per heavy atom. The minimum atomic E-state index is -1.31. The van der Waals surface area contributed by atoms with Crippen LogP contribution < -0.4 is 0 Å². The van der Waals surface area contributed by atoms with Crippen molar-refractivity contribution in [3.63, 3.8) is 0 Å². The maximum Gasteiger partial charge on any atom is 0.271 e. The Kier molecular flexibility index (Phi) is 4.45. The van der Waals surface area contributed by atoms with Gasteiger partial charge in [-0.05, 0) is 11.6 Å². The molecule has 0 aliphatic carbocycles. The van der Waals surface area contributed by atoms with Gasteiger partial charge in [-0.2, -0.15) is 17.9 Å². The van der Waals surface area contributed by atoms with Gasteiger partial charge in [-0.15, -0.1) is 0 Å². The zero-order chi connectivity index (χ0) is 13.0. The van der Waals surface area contributed by atoms with Crippen molar-refractivity contribution in [3.8, 4) is 6.07 Å². The Balaban J connectivity index is 3.20. The molecule has 1 aromatic rings. The van der Waals surface area contributed by atoms with Gasteiger partial charge < -0.3 is 10.2 Å². The molecule has 0 aromatic heterocycles. The number of hydrogen-bond acceptors (Lipinski definition) is 6. The van der Waals surface area contributed by atoms with Gasteiger partial charge in [0.2, 0.25) is 0 Å². The van der Waals surface area contributed by atoms with E-state index >= 15 is 0 Å². The number of aliphatic hydroxyl groups excluding tert-OH is 2. The molecular weight excluding hydrogens is 244 g/mol. The molecule has 90 valence electrons. The highest BCUT2D eigenvalue weighted by molar-refractivity contribution is 7.80. The second-order valence-electron chi connectivity index (χ2n) is 3.38. The molecule has 7 heteroatoms. The van der Waals surface area contributed by atoms with Crippen molar-refractivity contribution in [2.24, 2.45) is 0 Å². The van der Waals surface area contributed by atoms with Gasteiger partial charge >= 0.3 is 0 Å². The van der Waals surface area contributed by atoms with Crippen LogP contribution in [0.25, 0.3) is 0 Å². The lowest BCUT2D eigenvalue weighted by Crippen LogP contribution is -2.19. The van der Waals surface area contributed by atoms with Crippen LogP contribution in [0.2, 0.25) is 0 Å². The molecule has 0 bridgehead atoms. The molecular formula is C10H10N2O4S. The number of nitro groups is 1. The summed E-state index contributed by atoms with van der Waals surface area (Å²) in [4.78, 5) is 9.96. The number of rotatable bonds is 4. The number of hydrogen-bond donors (Lipinski definition) is 3. The van der Waals surface area contributed by atoms with E-state index in [1.807, 2.05) is 0 Å². The van der Waals surface area contributed by atoms with Crippen molar-refractivity contribution in [2.45, 2.75) is 12.2 Å². The maximum atomic E-state index is 10.6. The van der Waals surface area contributed by atoms with Crippen molar-refractivity contribution < 1.29 is 15.1 Å². The van der Waals surface area contributed by atoms with Gasteiger partial charge in [0.05, 0.1) is 22.7 Å². The van der Waals surface area contributed by atoms with Gasteiger partial charge in [-0.25, -0.2) is 0 Å². The number of thiol groups is 1. The molecule has 0 radical (unpaired) electrons. The summed E-state index contributed by atoms with van der Waals surface area (Å²) in [5.41, 5.74) is -0.124. The molecule has 0 aliphatic rings. The Bertz CT molecular complexity index is 472. The van der Waals surface area contributed by atoms with Gasteiger partial charge in [-0.3, -0.25) is 10.1 Å². The Morgan fingerprint density at radius 2 is 2.12 bits per heavy atom. The van der Waals surface area contributed by atoms with Crippen LogP contribution in [0.1, 0.15) is 17.2 Å². The number of aliphatic hydroxyl groups is 2. The molecule has 0 amide bonds. The predicted octanol–water partition coefficient (Wildman–Crippen LogP) is 0.791. The number of nitrogens with zero attached hydrogens (tertiary/aromatic N) is 2. The molecule has 2 unspecified atom stereocenters. The third-order valence-electron chi connectivity index (χ3n) is 2.17. The van der Waals surface area contributed by atoms with E-state index in [2.05, 4.69) is 12.6 Å². The first-order valence-corrected chi connectivity index (χ1v) is 5.29. The molecule has 0 aliphatic heterocycles. The van der Waals surface area contributed by atoms with Gasteiger partial charge in [-0.1, -0.05) is 0 Å². The molecule has 0 saturated heterocycles. The molecule has 0 fully saturated rings. The van der Waals surface area contributed by atoms with Gasteiger partial charge in [0.15, 0.2) is 0 Å². The largest absolute Gasteiger partial charge is 0.389 e. The van der Waals surface area contributed by atoms with Crippen molar-refractivity contribution in [1.29, 1.82) is 5.26 Å². The summed E-state index contributed by atoms with van der Waals surface area (Å²) >= 11 is 3.81. The molecule has 2 N–H and O–H groups in total. The summed E-state index contributed by atoms with van der Waals surface area (Å²) in [6.45, 7) is 0. The van der Waals surface area contributed by atoms with Gasteiger partial charge in [0.1, 0.15) is 6.10 Å². The lowest BCUT2D eigenvalue weighted by atomic mass is 10.0. The van der Waals surface area contributed by atoms with Crippen LogP contribution >= 0.6 is 12.6 Å². The van der Waals surface area contributed by atoms with E-state index in [-0.39, 0.29) is 22.6 Å². The SMILES string of the molecule is N#Cc1cc(C(O)C(O)CS)cc([N+](=O)[O-])c1. The third kappa shape index (κ3) is 3.17. The standard InChI is InChI=1S/C10H10N2O4S/c11-4-6-1-7(10(14)9(13)5-17)3-8(2-6)12(15)16/h1-3,9-10,13-14,17H,5H2.